The van der Waals surface area contributed by atoms with Crippen LogP contribution in [0.15, 0.2) is 59.9 Å². The zero-order valence-corrected chi connectivity index (χ0v) is 12.1. The zero-order chi connectivity index (χ0) is 15.5. The summed E-state index contributed by atoms with van der Waals surface area (Å²) in [5, 5.41) is 0. The summed E-state index contributed by atoms with van der Waals surface area (Å²) in [7, 11) is 0. The van der Waals surface area contributed by atoms with Crippen LogP contribution >= 0.6 is 0 Å². The molecule has 2 aromatic heterocycles. The summed E-state index contributed by atoms with van der Waals surface area (Å²) in [4.78, 5) is 16.1. The van der Waals surface area contributed by atoms with Gasteiger partial charge in [-0.05, 0) is 25.1 Å². The molecule has 0 atom stereocenters. The molecule has 112 valence electrons. The quantitative estimate of drug-likeness (QED) is 0.745. The van der Waals surface area contributed by atoms with Crippen LogP contribution in [-0.4, -0.2) is 20.8 Å². The number of nitrogens with zero attached hydrogens (tertiary/aromatic N) is 3. The Morgan fingerprint density at radius 3 is 2.86 bits per heavy atom. The molecule has 2 N–H and O–H groups in total. The molecule has 0 aliphatic heterocycles. The topological polar surface area (TPSA) is 75.1 Å². The van der Waals surface area contributed by atoms with Crippen LogP contribution in [0.1, 0.15) is 6.92 Å². The van der Waals surface area contributed by atoms with Crippen molar-refractivity contribution >= 4 is 0 Å². The molecule has 6 nitrogen and oxygen atoms in total. The molecule has 6 heteroatoms. The van der Waals surface area contributed by atoms with Crippen LogP contribution in [0.4, 0.5) is 0 Å². The molecule has 0 bridgehead atoms. The van der Waals surface area contributed by atoms with Gasteiger partial charge in [0.1, 0.15) is 5.75 Å². The van der Waals surface area contributed by atoms with E-state index in [9.17, 15) is 4.79 Å². The van der Waals surface area contributed by atoms with Crippen LogP contribution < -0.4 is 16.1 Å². The van der Waals surface area contributed by atoms with Gasteiger partial charge in [0.2, 0.25) is 0 Å². The molecule has 0 unspecified atom stereocenters. The van der Waals surface area contributed by atoms with Gasteiger partial charge in [-0.15, -0.1) is 0 Å². The monoisotopic (exact) mass is 296 g/mol. The third kappa shape index (κ3) is 2.58. The Morgan fingerprint density at radius 1 is 1.27 bits per heavy atom. The van der Waals surface area contributed by atoms with E-state index in [0.717, 1.165) is 16.0 Å². The maximum absolute atomic E-state index is 12.1. The van der Waals surface area contributed by atoms with Gasteiger partial charge in [0.25, 0.3) is 5.56 Å². The van der Waals surface area contributed by atoms with Crippen LogP contribution in [0.25, 0.3) is 16.9 Å². The standard InChI is InChI=1S/C16H16N4O2/c1-2-22-14-5-3-4-12(8-14)15-9-13(10-16(21)20(15)17)19-7-6-18-11-19/h3-11H,2,17H2,1H3. The van der Waals surface area contributed by atoms with Gasteiger partial charge in [-0.1, -0.05) is 12.1 Å². The molecule has 2 heterocycles. The summed E-state index contributed by atoms with van der Waals surface area (Å²) < 4.78 is 8.39. The molecular formula is C16H16N4O2. The molecule has 0 fully saturated rings. The van der Waals surface area contributed by atoms with Crippen molar-refractivity contribution in [2.75, 3.05) is 12.4 Å². The second-order valence-corrected chi connectivity index (χ2v) is 4.74. The van der Waals surface area contributed by atoms with Crippen LogP contribution in [-0.2, 0) is 0 Å². The molecule has 3 rings (SSSR count). The molecule has 0 aliphatic rings. The largest absolute Gasteiger partial charge is 0.494 e. The number of pyridine rings is 1. The van der Waals surface area contributed by atoms with Crippen molar-refractivity contribution in [1.29, 1.82) is 0 Å². The van der Waals surface area contributed by atoms with Gasteiger partial charge in [-0.2, -0.15) is 0 Å². The minimum absolute atomic E-state index is 0.289. The Labute approximate surface area is 127 Å². The first-order chi connectivity index (χ1) is 10.7. The first-order valence-electron chi connectivity index (χ1n) is 6.93. The molecule has 0 saturated heterocycles. The van der Waals surface area contributed by atoms with E-state index in [1.165, 1.54) is 6.07 Å². The van der Waals surface area contributed by atoms with Crippen molar-refractivity contribution in [2.45, 2.75) is 6.92 Å². The number of rotatable bonds is 4. The van der Waals surface area contributed by atoms with Gasteiger partial charge in [0.15, 0.2) is 0 Å². The van der Waals surface area contributed by atoms with Crippen LogP contribution in [0, 0.1) is 0 Å². The molecule has 0 aliphatic carbocycles. The molecule has 0 amide bonds. The maximum Gasteiger partial charge on any atom is 0.271 e. The highest BCUT2D eigenvalue weighted by Crippen LogP contribution is 2.24. The Morgan fingerprint density at radius 2 is 2.14 bits per heavy atom. The number of nitrogens with two attached hydrogens (primary N) is 1. The minimum atomic E-state index is -0.289. The summed E-state index contributed by atoms with van der Waals surface area (Å²) in [5.41, 5.74) is 1.84. The molecular weight excluding hydrogens is 280 g/mol. The van der Waals surface area contributed by atoms with Crippen molar-refractivity contribution < 1.29 is 4.74 Å². The van der Waals surface area contributed by atoms with E-state index in [1.54, 1.807) is 23.3 Å². The van der Waals surface area contributed by atoms with Crippen molar-refractivity contribution in [2.24, 2.45) is 0 Å². The lowest BCUT2D eigenvalue weighted by Gasteiger charge is -2.12. The Hall–Kier alpha value is -3.02. The minimum Gasteiger partial charge on any atom is -0.494 e. The summed E-state index contributed by atoms with van der Waals surface area (Å²) in [5.74, 6) is 6.64. The Kier molecular flexibility index (Phi) is 3.65. The van der Waals surface area contributed by atoms with E-state index < -0.39 is 0 Å². The van der Waals surface area contributed by atoms with Crippen molar-refractivity contribution in [1.82, 2.24) is 14.2 Å². The highest BCUT2D eigenvalue weighted by molar-refractivity contribution is 5.64. The lowest BCUT2D eigenvalue weighted by atomic mass is 10.1. The van der Waals surface area contributed by atoms with E-state index in [4.69, 9.17) is 10.6 Å². The van der Waals surface area contributed by atoms with Crippen molar-refractivity contribution in [3.8, 4) is 22.7 Å². The van der Waals surface area contributed by atoms with Crippen molar-refractivity contribution in [3.63, 3.8) is 0 Å². The van der Waals surface area contributed by atoms with Gasteiger partial charge in [-0.25, -0.2) is 9.66 Å². The van der Waals surface area contributed by atoms with Gasteiger partial charge >= 0.3 is 0 Å². The van der Waals surface area contributed by atoms with Crippen LogP contribution in [0.5, 0.6) is 5.75 Å². The van der Waals surface area contributed by atoms with Crippen LogP contribution in [0.2, 0.25) is 0 Å². The Balaban J connectivity index is 2.14. The van der Waals surface area contributed by atoms with E-state index in [1.807, 2.05) is 37.3 Å². The molecule has 22 heavy (non-hydrogen) atoms. The number of hydrogen-bond acceptors (Lipinski definition) is 4. The van der Waals surface area contributed by atoms with Gasteiger partial charge in [-0.3, -0.25) is 4.79 Å². The average Bonchev–Trinajstić information content (AvgIpc) is 3.05. The fraction of sp³-hybridized carbons (Fsp3) is 0.125. The SMILES string of the molecule is CCOc1cccc(-c2cc(-n3ccnc3)cc(=O)n2N)c1. The Bertz CT molecular complexity index is 838. The summed E-state index contributed by atoms with van der Waals surface area (Å²) in [6, 6.07) is 10.8. The zero-order valence-electron chi connectivity index (χ0n) is 12.1. The maximum atomic E-state index is 12.1. The summed E-state index contributed by atoms with van der Waals surface area (Å²) >= 11 is 0. The van der Waals surface area contributed by atoms with E-state index >= 15 is 0 Å². The lowest BCUT2D eigenvalue weighted by molar-refractivity contribution is 0.340. The average molecular weight is 296 g/mol. The van der Waals surface area contributed by atoms with Gasteiger partial charge in [0, 0.05) is 24.0 Å². The van der Waals surface area contributed by atoms with Crippen LogP contribution in [0.3, 0.4) is 0 Å². The van der Waals surface area contributed by atoms with Crippen molar-refractivity contribution in [3.05, 3.63) is 65.5 Å². The predicted molar refractivity (Wildman–Crippen MR) is 84.6 cm³/mol. The van der Waals surface area contributed by atoms with E-state index in [2.05, 4.69) is 4.98 Å². The second kappa shape index (κ2) is 5.77. The smallest absolute Gasteiger partial charge is 0.271 e. The second-order valence-electron chi connectivity index (χ2n) is 4.74. The highest BCUT2D eigenvalue weighted by atomic mass is 16.5. The first kappa shape index (κ1) is 13.9. The lowest BCUT2D eigenvalue weighted by Crippen LogP contribution is -2.28. The van der Waals surface area contributed by atoms with E-state index in [0.29, 0.717) is 18.0 Å². The number of ether oxygens (including phenoxy) is 1. The number of hydrogen-bond donors (Lipinski definition) is 1. The molecule has 0 saturated carbocycles. The predicted octanol–water partition coefficient (Wildman–Crippen LogP) is 1.81. The molecule has 1 aromatic carbocycles. The third-order valence-electron chi connectivity index (χ3n) is 3.30. The number of imidazole rings is 1. The number of nitrogen functional groups attached to an aromatic ring is 1. The highest BCUT2D eigenvalue weighted by Gasteiger charge is 2.09. The van der Waals surface area contributed by atoms with Gasteiger partial charge in [0.05, 0.1) is 24.3 Å². The molecule has 3 aromatic rings. The number of benzene rings is 1. The van der Waals surface area contributed by atoms with E-state index in [-0.39, 0.29) is 5.56 Å². The fourth-order valence-corrected chi connectivity index (χ4v) is 2.26. The molecule has 0 spiro atoms. The molecule has 0 radical (unpaired) electrons. The first-order valence-corrected chi connectivity index (χ1v) is 6.93. The van der Waals surface area contributed by atoms with Gasteiger partial charge < -0.3 is 15.1 Å². The normalized spacial score (nSPS) is 10.6. The third-order valence-corrected chi connectivity index (χ3v) is 3.30. The summed E-state index contributed by atoms with van der Waals surface area (Å²) in [6.07, 6.45) is 5.06. The number of aromatic nitrogens is 3. The summed E-state index contributed by atoms with van der Waals surface area (Å²) in [6.45, 7) is 2.50. The fourth-order valence-electron chi connectivity index (χ4n) is 2.26.